The van der Waals surface area contributed by atoms with Crippen LogP contribution in [0.4, 0.5) is 0 Å². The highest BCUT2D eigenvalue weighted by molar-refractivity contribution is 5.91. The highest BCUT2D eigenvalue weighted by Crippen LogP contribution is 2.25. The zero-order valence-electron chi connectivity index (χ0n) is 14.0. The summed E-state index contributed by atoms with van der Waals surface area (Å²) in [4.78, 5) is 29.5. The number of ether oxygens (including phenoxy) is 1. The van der Waals surface area contributed by atoms with Crippen molar-refractivity contribution < 1.29 is 24.0 Å². The molecule has 1 N–H and O–H groups in total. The molecule has 25 heavy (non-hydrogen) atoms. The molecule has 2 heterocycles. The van der Waals surface area contributed by atoms with Crippen LogP contribution in [0.2, 0.25) is 0 Å². The fourth-order valence-electron chi connectivity index (χ4n) is 3.02. The van der Waals surface area contributed by atoms with Crippen LogP contribution in [0.3, 0.4) is 0 Å². The number of rotatable bonds is 4. The molecule has 0 aliphatic carbocycles. The monoisotopic (exact) mass is 345 g/mol. The van der Waals surface area contributed by atoms with Gasteiger partial charge in [0.2, 0.25) is 0 Å². The van der Waals surface area contributed by atoms with Crippen LogP contribution < -0.4 is 4.74 Å². The first-order valence-electron chi connectivity index (χ1n) is 7.98. The lowest BCUT2D eigenvalue weighted by molar-refractivity contribution is -0.143. The van der Waals surface area contributed by atoms with Gasteiger partial charge in [-0.25, -0.2) is 0 Å². The molecule has 2 atom stereocenters. The SMILES string of the molecule is COc1cccc(-c2nc(C(=O)N3CC(C)CC(C(=O)O)C3)no2)c1. The summed E-state index contributed by atoms with van der Waals surface area (Å²) < 4.78 is 10.3. The lowest BCUT2D eigenvalue weighted by Gasteiger charge is -2.33. The first-order valence-corrected chi connectivity index (χ1v) is 7.98. The number of amides is 1. The zero-order chi connectivity index (χ0) is 18.0. The predicted molar refractivity (Wildman–Crippen MR) is 87.1 cm³/mol. The third kappa shape index (κ3) is 3.62. The number of methoxy groups -OCH3 is 1. The Morgan fingerprint density at radius 3 is 2.88 bits per heavy atom. The minimum atomic E-state index is -0.894. The number of likely N-dealkylation sites (tertiary alicyclic amines) is 1. The van der Waals surface area contributed by atoms with Crippen molar-refractivity contribution in [3.63, 3.8) is 0 Å². The topological polar surface area (TPSA) is 106 Å². The van der Waals surface area contributed by atoms with E-state index in [1.165, 1.54) is 4.90 Å². The molecule has 3 rings (SSSR count). The van der Waals surface area contributed by atoms with Gasteiger partial charge >= 0.3 is 5.97 Å². The lowest BCUT2D eigenvalue weighted by atomic mass is 9.90. The van der Waals surface area contributed by atoms with Gasteiger partial charge in [0, 0.05) is 18.7 Å². The molecular formula is C17H19N3O5. The number of hydrogen-bond donors (Lipinski definition) is 1. The number of carboxylic acid groups (broad SMARTS) is 1. The molecule has 2 unspecified atom stereocenters. The lowest BCUT2D eigenvalue weighted by Crippen LogP contribution is -2.45. The van der Waals surface area contributed by atoms with E-state index in [0.29, 0.717) is 24.3 Å². The van der Waals surface area contributed by atoms with Crippen LogP contribution in [0.1, 0.15) is 24.0 Å². The van der Waals surface area contributed by atoms with Crippen molar-refractivity contribution >= 4 is 11.9 Å². The second kappa shape index (κ2) is 6.92. The second-order valence-corrected chi connectivity index (χ2v) is 6.24. The number of nitrogens with zero attached hydrogens (tertiary/aromatic N) is 3. The summed E-state index contributed by atoms with van der Waals surface area (Å²) in [5.74, 6) is -1.01. The summed E-state index contributed by atoms with van der Waals surface area (Å²) in [6.45, 7) is 2.56. The van der Waals surface area contributed by atoms with Gasteiger partial charge in [-0.1, -0.05) is 18.1 Å². The van der Waals surface area contributed by atoms with Gasteiger partial charge in [-0.2, -0.15) is 4.98 Å². The van der Waals surface area contributed by atoms with Crippen molar-refractivity contribution in [3.05, 3.63) is 30.1 Å². The van der Waals surface area contributed by atoms with Gasteiger partial charge in [-0.15, -0.1) is 0 Å². The van der Waals surface area contributed by atoms with Crippen LogP contribution >= 0.6 is 0 Å². The van der Waals surface area contributed by atoms with E-state index in [1.807, 2.05) is 6.92 Å². The molecule has 0 radical (unpaired) electrons. The number of aliphatic carboxylic acids is 1. The summed E-state index contributed by atoms with van der Waals surface area (Å²) in [7, 11) is 1.55. The quantitative estimate of drug-likeness (QED) is 0.902. The normalized spacial score (nSPS) is 20.3. The Morgan fingerprint density at radius 2 is 2.16 bits per heavy atom. The molecule has 8 nitrogen and oxygen atoms in total. The molecule has 1 fully saturated rings. The maximum Gasteiger partial charge on any atom is 0.308 e. The summed E-state index contributed by atoms with van der Waals surface area (Å²) in [6.07, 6.45) is 0.556. The van der Waals surface area contributed by atoms with Crippen molar-refractivity contribution in [2.75, 3.05) is 20.2 Å². The van der Waals surface area contributed by atoms with Crippen LogP contribution in [0.25, 0.3) is 11.5 Å². The minimum Gasteiger partial charge on any atom is -0.497 e. The molecule has 1 aliphatic rings. The van der Waals surface area contributed by atoms with Crippen LogP contribution in [0.5, 0.6) is 5.75 Å². The highest BCUT2D eigenvalue weighted by atomic mass is 16.5. The number of aromatic nitrogens is 2. The highest BCUT2D eigenvalue weighted by Gasteiger charge is 2.34. The zero-order valence-corrected chi connectivity index (χ0v) is 14.0. The van der Waals surface area contributed by atoms with Crippen molar-refractivity contribution in [3.8, 4) is 17.2 Å². The van der Waals surface area contributed by atoms with Crippen LogP contribution in [0.15, 0.2) is 28.8 Å². The average molecular weight is 345 g/mol. The molecule has 132 valence electrons. The number of hydrogen-bond acceptors (Lipinski definition) is 6. The Bertz CT molecular complexity index is 788. The van der Waals surface area contributed by atoms with E-state index in [4.69, 9.17) is 9.26 Å². The summed E-state index contributed by atoms with van der Waals surface area (Å²) in [5.41, 5.74) is 0.640. The first kappa shape index (κ1) is 16.9. The van der Waals surface area contributed by atoms with Crippen molar-refractivity contribution in [2.24, 2.45) is 11.8 Å². The van der Waals surface area contributed by atoms with Gasteiger partial charge < -0.3 is 19.3 Å². The third-order valence-corrected chi connectivity index (χ3v) is 4.23. The molecule has 1 aromatic heterocycles. The standard InChI is InChI=1S/C17H19N3O5/c1-10-6-12(17(22)23)9-20(8-10)16(21)14-18-15(25-19-14)11-4-3-5-13(7-11)24-2/h3-5,7,10,12H,6,8-9H2,1-2H3,(H,22,23). The molecule has 1 aromatic carbocycles. The van der Waals surface area contributed by atoms with E-state index < -0.39 is 17.8 Å². The molecule has 0 bridgehead atoms. The largest absolute Gasteiger partial charge is 0.497 e. The van der Waals surface area contributed by atoms with Crippen LogP contribution in [-0.4, -0.2) is 52.2 Å². The molecule has 2 aromatic rings. The van der Waals surface area contributed by atoms with Gasteiger partial charge in [0.05, 0.1) is 13.0 Å². The van der Waals surface area contributed by atoms with Crippen LogP contribution in [-0.2, 0) is 4.79 Å². The maximum atomic E-state index is 12.6. The van der Waals surface area contributed by atoms with E-state index in [1.54, 1.807) is 31.4 Å². The Kier molecular flexibility index (Phi) is 4.69. The number of benzene rings is 1. The Hall–Kier alpha value is -2.90. The smallest absolute Gasteiger partial charge is 0.308 e. The van der Waals surface area contributed by atoms with E-state index in [9.17, 15) is 14.7 Å². The molecule has 0 spiro atoms. The molecule has 1 amide bonds. The van der Waals surface area contributed by atoms with Gasteiger partial charge in [-0.05, 0) is 30.5 Å². The van der Waals surface area contributed by atoms with Crippen molar-refractivity contribution in [2.45, 2.75) is 13.3 Å². The maximum absolute atomic E-state index is 12.6. The number of carboxylic acids is 1. The molecule has 8 heteroatoms. The second-order valence-electron chi connectivity index (χ2n) is 6.24. The molecule has 1 aliphatic heterocycles. The van der Waals surface area contributed by atoms with E-state index in [2.05, 4.69) is 10.1 Å². The van der Waals surface area contributed by atoms with E-state index >= 15 is 0 Å². The van der Waals surface area contributed by atoms with Crippen LogP contribution in [0, 0.1) is 11.8 Å². The van der Waals surface area contributed by atoms with Crippen molar-refractivity contribution in [1.82, 2.24) is 15.0 Å². The number of piperidine rings is 1. The van der Waals surface area contributed by atoms with Gasteiger partial charge in [0.1, 0.15) is 5.75 Å². The Morgan fingerprint density at radius 1 is 1.36 bits per heavy atom. The fourth-order valence-corrected chi connectivity index (χ4v) is 3.02. The number of carbonyl (C=O) groups is 2. The average Bonchev–Trinajstić information content (AvgIpc) is 3.10. The Labute approximate surface area is 144 Å². The molecule has 1 saturated heterocycles. The predicted octanol–water partition coefficient (Wildman–Crippen LogP) is 1.93. The fraction of sp³-hybridized carbons (Fsp3) is 0.412. The van der Waals surface area contributed by atoms with Gasteiger partial charge in [-0.3, -0.25) is 9.59 Å². The molecular weight excluding hydrogens is 326 g/mol. The van der Waals surface area contributed by atoms with Gasteiger partial charge in [0.25, 0.3) is 17.6 Å². The minimum absolute atomic E-state index is 0.0731. The third-order valence-electron chi connectivity index (χ3n) is 4.23. The summed E-state index contributed by atoms with van der Waals surface area (Å²) in [6, 6.07) is 7.07. The molecule has 0 saturated carbocycles. The van der Waals surface area contributed by atoms with Gasteiger partial charge in [0.15, 0.2) is 0 Å². The Balaban J connectivity index is 1.79. The van der Waals surface area contributed by atoms with E-state index in [0.717, 1.165) is 0 Å². The van der Waals surface area contributed by atoms with Crippen molar-refractivity contribution in [1.29, 1.82) is 0 Å². The number of carbonyl (C=O) groups excluding carboxylic acids is 1. The summed E-state index contributed by atoms with van der Waals surface area (Å²) >= 11 is 0. The van der Waals surface area contributed by atoms with E-state index in [-0.39, 0.29) is 24.2 Å². The first-order chi connectivity index (χ1) is 12.0. The summed E-state index contributed by atoms with van der Waals surface area (Å²) in [5, 5.41) is 13.0.